The molecular formula is C9H11ClO2S. The fourth-order valence-electron chi connectivity index (χ4n) is 1.17. The summed E-state index contributed by atoms with van der Waals surface area (Å²) < 4.78 is 22.6. The molecule has 0 unspecified atom stereocenters. The third kappa shape index (κ3) is 2.71. The van der Waals surface area contributed by atoms with Crippen LogP contribution in [-0.2, 0) is 16.3 Å². The number of alkyl halides is 1. The Balaban J connectivity index is 3.20. The van der Waals surface area contributed by atoms with Gasteiger partial charge in [0.2, 0.25) is 0 Å². The second-order valence-corrected chi connectivity index (χ2v) is 5.18. The average molecular weight is 219 g/mol. The van der Waals surface area contributed by atoms with Gasteiger partial charge in [0.25, 0.3) is 0 Å². The van der Waals surface area contributed by atoms with Crippen molar-refractivity contribution in [2.75, 3.05) is 12.1 Å². The Hall–Kier alpha value is -0.540. The first-order valence-corrected chi connectivity index (χ1v) is 6.32. The normalized spacial score (nSPS) is 11.5. The molecule has 0 saturated carbocycles. The van der Waals surface area contributed by atoms with E-state index in [0.717, 1.165) is 5.56 Å². The first kappa shape index (κ1) is 10.5. The van der Waals surface area contributed by atoms with E-state index in [9.17, 15) is 8.42 Å². The molecule has 0 radical (unpaired) electrons. The molecule has 1 rings (SSSR count). The lowest BCUT2D eigenvalue weighted by Gasteiger charge is -2.04. The SMILES string of the molecule is CS(=O)(=O)c1ccccc1CCCl. The molecule has 1 aromatic carbocycles. The van der Waals surface area contributed by atoms with Crippen molar-refractivity contribution in [2.45, 2.75) is 11.3 Å². The zero-order valence-electron chi connectivity index (χ0n) is 7.33. The minimum Gasteiger partial charge on any atom is -0.224 e. The Morgan fingerprint density at radius 1 is 1.31 bits per heavy atom. The summed E-state index contributed by atoms with van der Waals surface area (Å²) >= 11 is 5.56. The van der Waals surface area contributed by atoms with Gasteiger partial charge in [-0.2, -0.15) is 0 Å². The number of rotatable bonds is 3. The van der Waals surface area contributed by atoms with Gasteiger partial charge in [-0.05, 0) is 18.1 Å². The highest BCUT2D eigenvalue weighted by molar-refractivity contribution is 7.90. The Kier molecular flexibility index (Phi) is 3.33. The van der Waals surface area contributed by atoms with Crippen molar-refractivity contribution in [1.29, 1.82) is 0 Å². The fraction of sp³-hybridized carbons (Fsp3) is 0.333. The summed E-state index contributed by atoms with van der Waals surface area (Å²) in [5.74, 6) is 0.437. The van der Waals surface area contributed by atoms with Gasteiger partial charge >= 0.3 is 0 Å². The summed E-state index contributed by atoms with van der Waals surface area (Å²) in [5.41, 5.74) is 0.792. The third-order valence-electron chi connectivity index (χ3n) is 1.74. The van der Waals surface area contributed by atoms with Gasteiger partial charge in [-0.15, -0.1) is 11.6 Å². The van der Waals surface area contributed by atoms with E-state index >= 15 is 0 Å². The second kappa shape index (κ2) is 4.11. The fourth-order valence-corrected chi connectivity index (χ4v) is 2.35. The van der Waals surface area contributed by atoms with Crippen LogP contribution in [0.25, 0.3) is 0 Å². The van der Waals surface area contributed by atoms with E-state index in [2.05, 4.69) is 0 Å². The van der Waals surface area contributed by atoms with Crippen LogP contribution in [0.3, 0.4) is 0 Å². The number of sulfone groups is 1. The van der Waals surface area contributed by atoms with Crippen LogP contribution in [0.2, 0.25) is 0 Å². The zero-order valence-corrected chi connectivity index (χ0v) is 8.90. The molecule has 0 bridgehead atoms. The van der Waals surface area contributed by atoms with E-state index in [-0.39, 0.29) is 0 Å². The molecule has 1 aromatic rings. The van der Waals surface area contributed by atoms with Crippen LogP contribution in [0.1, 0.15) is 5.56 Å². The van der Waals surface area contributed by atoms with Crippen molar-refractivity contribution in [1.82, 2.24) is 0 Å². The third-order valence-corrected chi connectivity index (χ3v) is 3.12. The van der Waals surface area contributed by atoms with E-state index in [4.69, 9.17) is 11.6 Å². The Labute approximate surface area is 83.5 Å². The smallest absolute Gasteiger partial charge is 0.175 e. The van der Waals surface area contributed by atoms with Gasteiger partial charge in [-0.3, -0.25) is 0 Å². The van der Waals surface area contributed by atoms with E-state index < -0.39 is 9.84 Å². The number of aryl methyl sites for hydroxylation is 1. The summed E-state index contributed by atoms with van der Waals surface area (Å²) in [4.78, 5) is 0.385. The quantitative estimate of drug-likeness (QED) is 0.726. The van der Waals surface area contributed by atoms with Crippen LogP contribution in [0.5, 0.6) is 0 Å². The average Bonchev–Trinajstić information content (AvgIpc) is 2.04. The highest BCUT2D eigenvalue weighted by Gasteiger charge is 2.11. The predicted octanol–water partition coefficient (Wildman–Crippen LogP) is 1.87. The summed E-state index contributed by atoms with van der Waals surface area (Å²) in [6, 6.07) is 6.93. The Morgan fingerprint density at radius 2 is 1.92 bits per heavy atom. The van der Waals surface area contributed by atoms with Crippen LogP contribution < -0.4 is 0 Å². The molecule has 0 heterocycles. The number of hydrogen-bond donors (Lipinski definition) is 0. The molecule has 0 aliphatic heterocycles. The van der Waals surface area contributed by atoms with Crippen LogP contribution in [0.4, 0.5) is 0 Å². The maximum Gasteiger partial charge on any atom is 0.175 e. The van der Waals surface area contributed by atoms with Gasteiger partial charge in [0, 0.05) is 12.1 Å². The molecule has 0 aliphatic rings. The van der Waals surface area contributed by atoms with Crippen molar-refractivity contribution in [2.24, 2.45) is 0 Å². The first-order valence-electron chi connectivity index (χ1n) is 3.89. The van der Waals surface area contributed by atoms with Gasteiger partial charge < -0.3 is 0 Å². The maximum absolute atomic E-state index is 11.3. The summed E-state index contributed by atoms with van der Waals surface area (Å²) in [7, 11) is -3.11. The topological polar surface area (TPSA) is 34.1 Å². The van der Waals surface area contributed by atoms with Crippen LogP contribution in [0, 0.1) is 0 Å². The lowest BCUT2D eigenvalue weighted by atomic mass is 10.2. The van der Waals surface area contributed by atoms with Crippen molar-refractivity contribution in [3.8, 4) is 0 Å². The molecule has 0 aromatic heterocycles. The Bertz CT molecular complexity index is 384. The van der Waals surface area contributed by atoms with Gasteiger partial charge in [-0.1, -0.05) is 18.2 Å². The molecule has 72 valence electrons. The largest absolute Gasteiger partial charge is 0.224 e. The monoisotopic (exact) mass is 218 g/mol. The van der Waals surface area contributed by atoms with Gasteiger partial charge in [0.05, 0.1) is 4.90 Å². The van der Waals surface area contributed by atoms with Crippen LogP contribution in [-0.4, -0.2) is 20.6 Å². The van der Waals surface area contributed by atoms with E-state index in [1.807, 2.05) is 6.07 Å². The van der Waals surface area contributed by atoms with Crippen molar-refractivity contribution < 1.29 is 8.42 Å². The van der Waals surface area contributed by atoms with E-state index in [1.165, 1.54) is 6.26 Å². The van der Waals surface area contributed by atoms with Crippen LogP contribution >= 0.6 is 11.6 Å². The minimum atomic E-state index is -3.11. The molecule has 0 aliphatic carbocycles. The summed E-state index contributed by atoms with van der Waals surface area (Å²) in [6.45, 7) is 0. The standard InChI is InChI=1S/C9H11ClO2S/c1-13(11,12)9-5-3-2-4-8(9)6-7-10/h2-5H,6-7H2,1H3. The van der Waals surface area contributed by atoms with Gasteiger partial charge in [0.15, 0.2) is 9.84 Å². The molecule has 13 heavy (non-hydrogen) atoms. The first-order chi connectivity index (χ1) is 6.05. The summed E-state index contributed by atoms with van der Waals surface area (Å²) in [5, 5.41) is 0. The molecular weight excluding hydrogens is 208 g/mol. The molecule has 0 fully saturated rings. The lowest BCUT2D eigenvalue weighted by molar-refractivity contribution is 0.601. The van der Waals surface area contributed by atoms with E-state index in [0.29, 0.717) is 17.2 Å². The summed E-state index contributed by atoms with van der Waals surface area (Å²) in [6.07, 6.45) is 1.80. The molecule has 0 atom stereocenters. The molecule has 0 amide bonds. The van der Waals surface area contributed by atoms with Crippen molar-refractivity contribution in [3.05, 3.63) is 29.8 Å². The highest BCUT2D eigenvalue weighted by Crippen LogP contribution is 2.15. The van der Waals surface area contributed by atoms with Gasteiger partial charge in [0.1, 0.15) is 0 Å². The molecule has 2 nitrogen and oxygen atoms in total. The zero-order chi connectivity index (χ0) is 9.90. The maximum atomic E-state index is 11.3. The lowest BCUT2D eigenvalue weighted by Crippen LogP contribution is -2.02. The van der Waals surface area contributed by atoms with Crippen molar-refractivity contribution >= 4 is 21.4 Å². The Morgan fingerprint density at radius 3 is 2.46 bits per heavy atom. The van der Waals surface area contributed by atoms with Crippen molar-refractivity contribution in [3.63, 3.8) is 0 Å². The number of hydrogen-bond acceptors (Lipinski definition) is 2. The minimum absolute atomic E-state index is 0.385. The molecule has 0 saturated heterocycles. The molecule has 0 N–H and O–H groups in total. The van der Waals surface area contributed by atoms with Crippen LogP contribution in [0.15, 0.2) is 29.2 Å². The predicted molar refractivity (Wildman–Crippen MR) is 54.0 cm³/mol. The second-order valence-electron chi connectivity index (χ2n) is 2.82. The van der Waals surface area contributed by atoms with E-state index in [1.54, 1.807) is 18.2 Å². The highest BCUT2D eigenvalue weighted by atomic mass is 35.5. The number of benzene rings is 1. The molecule has 0 spiro atoms. The van der Waals surface area contributed by atoms with Gasteiger partial charge in [-0.25, -0.2) is 8.42 Å². The number of halogens is 1. The molecule has 4 heteroatoms.